The van der Waals surface area contributed by atoms with E-state index in [1.165, 1.54) is 25.1 Å². The van der Waals surface area contributed by atoms with E-state index in [-0.39, 0.29) is 22.7 Å². The molecule has 0 heterocycles. The summed E-state index contributed by atoms with van der Waals surface area (Å²) in [6.07, 6.45) is 0. The van der Waals surface area contributed by atoms with Gasteiger partial charge < -0.3 is 0 Å². The third kappa shape index (κ3) is 4.98. The lowest BCUT2D eigenvalue weighted by molar-refractivity contribution is -0.385. The number of hydrogen-bond donors (Lipinski definition) is 1. The Hall–Kier alpha value is -1.51. The van der Waals surface area contributed by atoms with Gasteiger partial charge in [-0.3, -0.25) is 15.0 Å². The molecule has 0 spiro atoms. The fourth-order valence-electron chi connectivity index (χ4n) is 2.59. The first-order valence-electron chi connectivity index (χ1n) is 7.57. The van der Waals surface area contributed by atoms with Crippen LogP contribution in [0.25, 0.3) is 0 Å². The van der Waals surface area contributed by atoms with Crippen molar-refractivity contribution in [3.8, 4) is 0 Å². The number of rotatable bonds is 8. The van der Waals surface area contributed by atoms with Crippen molar-refractivity contribution in [1.82, 2.24) is 9.62 Å². The summed E-state index contributed by atoms with van der Waals surface area (Å²) >= 11 is 0. The van der Waals surface area contributed by atoms with E-state index < -0.39 is 14.9 Å². The Morgan fingerprint density at radius 1 is 1.22 bits per heavy atom. The van der Waals surface area contributed by atoms with Crippen LogP contribution in [0.1, 0.15) is 33.3 Å². The number of sulfonamides is 1. The summed E-state index contributed by atoms with van der Waals surface area (Å²) in [6.45, 7) is 10.5. The number of hydrogen-bond acceptors (Lipinski definition) is 5. The first kappa shape index (κ1) is 19.5. The molecule has 130 valence electrons. The summed E-state index contributed by atoms with van der Waals surface area (Å²) < 4.78 is 27.3. The third-order valence-corrected chi connectivity index (χ3v) is 5.34. The van der Waals surface area contributed by atoms with Gasteiger partial charge in [-0.25, -0.2) is 13.1 Å². The summed E-state index contributed by atoms with van der Waals surface area (Å²) in [5.41, 5.74) is -0.0477. The molecule has 0 bridgehead atoms. The monoisotopic (exact) mass is 343 g/mol. The highest BCUT2D eigenvalue weighted by Crippen LogP contribution is 2.24. The number of nitro groups is 1. The van der Waals surface area contributed by atoms with E-state index in [0.29, 0.717) is 18.6 Å². The van der Waals surface area contributed by atoms with Crippen molar-refractivity contribution in [2.45, 2.75) is 51.6 Å². The van der Waals surface area contributed by atoms with E-state index in [1.807, 2.05) is 0 Å². The van der Waals surface area contributed by atoms with E-state index in [1.54, 1.807) is 0 Å². The van der Waals surface area contributed by atoms with Crippen molar-refractivity contribution < 1.29 is 13.3 Å². The molecule has 0 aromatic heterocycles. The van der Waals surface area contributed by atoms with E-state index in [4.69, 9.17) is 0 Å². The van der Waals surface area contributed by atoms with E-state index in [9.17, 15) is 18.5 Å². The van der Waals surface area contributed by atoms with Crippen molar-refractivity contribution >= 4 is 15.7 Å². The summed E-state index contributed by atoms with van der Waals surface area (Å²) in [6, 6.07) is 4.67. The zero-order valence-electron chi connectivity index (χ0n) is 14.2. The Bertz CT molecular complexity index is 649. The highest BCUT2D eigenvalue weighted by atomic mass is 32.2. The van der Waals surface area contributed by atoms with Crippen LogP contribution in [0.3, 0.4) is 0 Å². The minimum Gasteiger partial charge on any atom is -0.297 e. The molecule has 0 amide bonds. The molecule has 0 aliphatic heterocycles. The third-order valence-electron chi connectivity index (χ3n) is 3.73. The molecule has 0 unspecified atom stereocenters. The second-order valence-corrected chi connectivity index (χ2v) is 7.72. The Morgan fingerprint density at radius 3 is 2.26 bits per heavy atom. The number of benzene rings is 1. The molecule has 0 radical (unpaired) electrons. The Morgan fingerprint density at radius 2 is 1.78 bits per heavy atom. The van der Waals surface area contributed by atoms with Crippen LogP contribution in [0.4, 0.5) is 5.69 Å². The van der Waals surface area contributed by atoms with Gasteiger partial charge in [-0.05, 0) is 40.7 Å². The van der Waals surface area contributed by atoms with Crippen molar-refractivity contribution in [2.75, 3.05) is 13.1 Å². The van der Waals surface area contributed by atoms with Gasteiger partial charge in [-0.15, -0.1) is 0 Å². The number of nitrogens with zero attached hydrogens (tertiary/aromatic N) is 2. The average molecular weight is 343 g/mol. The van der Waals surface area contributed by atoms with Gasteiger partial charge >= 0.3 is 0 Å². The maximum absolute atomic E-state index is 12.4. The zero-order valence-corrected chi connectivity index (χ0v) is 15.1. The SMILES string of the molecule is Cc1c([N+](=O)[O-])cccc1S(=O)(=O)NCCN(C(C)C)C(C)C. The molecule has 1 aromatic rings. The molecule has 0 fully saturated rings. The smallest absolute Gasteiger partial charge is 0.273 e. The normalized spacial score (nSPS) is 12.3. The van der Waals surface area contributed by atoms with Crippen molar-refractivity contribution in [3.05, 3.63) is 33.9 Å². The van der Waals surface area contributed by atoms with Gasteiger partial charge in [-0.1, -0.05) is 6.07 Å². The largest absolute Gasteiger partial charge is 0.297 e. The fourth-order valence-corrected chi connectivity index (χ4v) is 3.87. The molecule has 7 nitrogen and oxygen atoms in total. The minimum atomic E-state index is -3.78. The average Bonchev–Trinajstić information content (AvgIpc) is 2.42. The van der Waals surface area contributed by atoms with Gasteiger partial charge in [0.1, 0.15) is 0 Å². The molecular formula is C15H25N3O4S. The lowest BCUT2D eigenvalue weighted by atomic mass is 10.2. The van der Waals surface area contributed by atoms with Crippen molar-refractivity contribution in [1.29, 1.82) is 0 Å². The van der Waals surface area contributed by atoms with Crippen LogP contribution in [-0.4, -0.2) is 43.4 Å². The Kier molecular flexibility index (Phi) is 6.67. The van der Waals surface area contributed by atoms with Crippen LogP contribution >= 0.6 is 0 Å². The Balaban J connectivity index is 2.89. The highest BCUT2D eigenvalue weighted by Gasteiger charge is 2.23. The van der Waals surface area contributed by atoms with Gasteiger partial charge in [0, 0.05) is 36.8 Å². The highest BCUT2D eigenvalue weighted by molar-refractivity contribution is 7.89. The number of nitrogens with one attached hydrogen (secondary N) is 1. The molecule has 0 aliphatic rings. The first-order chi connectivity index (χ1) is 10.6. The van der Waals surface area contributed by atoms with Crippen LogP contribution in [0.5, 0.6) is 0 Å². The maximum atomic E-state index is 12.4. The molecule has 0 aliphatic carbocycles. The predicted molar refractivity (Wildman–Crippen MR) is 90.0 cm³/mol. The molecular weight excluding hydrogens is 318 g/mol. The van der Waals surface area contributed by atoms with Gasteiger partial charge in [0.2, 0.25) is 10.0 Å². The van der Waals surface area contributed by atoms with Crippen LogP contribution in [-0.2, 0) is 10.0 Å². The quantitative estimate of drug-likeness (QED) is 0.577. The second kappa shape index (κ2) is 7.85. The molecule has 0 atom stereocenters. The van der Waals surface area contributed by atoms with E-state index >= 15 is 0 Å². The molecule has 1 rings (SSSR count). The van der Waals surface area contributed by atoms with Gasteiger partial charge in [0.25, 0.3) is 5.69 Å². The van der Waals surface area contributed by atoms with Crippen LogP contribution in [0, 0.1) is 17.0 Å². The first-order valence-corrected chi connectivity index (χ1v) is 9.05. The fraction of sp³-hybridized carbons (Fsp3) is 0.600. The number of nitro benzene ring substituents is 1. The maximum Gasteiger partial charge on any atom is 0.273 e. The van der Waals surface area contributed by atoms with Gasteiger partial charge in [-0.2, -0.15) is 0 Å². The topological polar surface area (TPSA) is 92.5 Å². The molecule has 23 heavy (non-hydrogen) atoms. The minimum absolute atomic E-state index is 0.0488. The Labute approximate surface area is 137 Å². The predicted octanol–water partition coefficient (Wildman–Crippen LogP) is 2.30. The van der Waals surface area contributed by atoms with Gasteiger partial charge in [0.15, 0.2) is 0 Å². The van der Waals surface area contributed by atoms with E-state index in [0.717, 1.165) is 0 Å². The molecule has 0 saturated carbocycles. The summed E-state index contributed by atoms with van der Waals surface area (Å²) in [5, 5.41) is 10.9. The summed E-state index contributed by atoms with van der Waals surface area (Å²) in [7, 11) is -3.78. The lowest BCUT2D eigenvalue weighted by Crippen LogP contribution is -2.42. The molecule has 8 heteroatoms. The van der Waals surface area contributed by atoms with Crippen molar-refractivity contribution in [2.24, 2.45) is 0 Å². The van der Waals surface area contributed by atoms with E-state index in [2.05, 4.69) is 37.3 Å². The lowest BCUT2D eigenvalue weighted by Gasteiger charge is -2.30. The molecule has 0 saturated heterocycles. The molecule has 1 aromatic carbocycles. The second-order valence-electron chi connectivity index (χ2n) is 5.98. The standard InChI is InChI=1S/C15H25N3O4S/c1-11(2)17(12(3)4)10-9-16-23(21,22)15-8-6-7-14(13(15)5)18(19)20/h6-8,11-12,16H,9-10H2,1-5H3. The summed E-state index contributed by atoms with van der Waals surface area (Å²) in [4.78, 5) is 12.5. The van der Waals surface area contributed by atoms with Crippen LogP contribution < -0.4 is 4.72 Å². The molecule has 1 N–H and O–H groups in total. The zero-order chi connectivity index (χ0) is 17.8. The van der Waals surface area contributed by atoms with Crippen LogP contribution in [0.15, 0.2) is 23.1 Å². The van der Waals surface area contributed by atoms with Crippen LogP contribution in [0.2, 0.25) is 0 Å². The summed E-state index contributed by atoms with van der Waals surface area (Å²) in [5.74, 6) is 0. The van der Waals surface area contributed by atoms with Crippen molar-refractivity contribution in [3.63, 3.8) is 0 Å². The van der Waals surface area contributed by atoms with Gasteiger partial charge in [0.05, 0.1) is 9.82 Å².